The van der Waals surface area contributed by atoms with Gasteiger partial charge in [-0.15, -0.1) is 0 Å². The van der Waals surface area contributed by atoms with Crippen molar-refractivity contribution in [3.05, 3.63) is 69.8 Å². The van der Waals surface area contributed by atoms with Gasteiger partial charge in [0.2, 0.25) is 0 Å². The molecular weight excluding hydrogens is 302 g/mol. The Hall–Kier alpha value is -1.87. The fourth-order valence-electron chi connectivity index (χ4n) is 2.15. The van der Waals surface area contributed by atoms with Crippen LogP contribution in [0.15, 0.2) is 53.1 Å². The van der Waals surface area contributed by atoms with Crippen molar-refractivity contribution in [2.75, 3.05) is 0 Å². The van der Waals surface area contributed by atoms with E-state index in [9.17, 15) is 4.79 Å². The predicted molar refractivity (Wildman–Crippen MR) is 80.6 cm³/mol. The van der Waals surface area contributed by atoms with Crippen LogP contribution in [0.3, 0.4) is 0 Å². The summed E-state index contributed by atoms with van der Waals surface area (Å²) in [6.45, 7) is 2.00. The summed E-state index contributed by atoms with van der Waals surface area (Å²) in [4.78, 5) is 15.7. The summed E-state index contributed by atoms with van der Waals surface area (Å²) in [6, 6.07) is 13.5. The number of halogens is 1. The van der Waals surface area contributed by atoms with Gasteiger partial charge in [0, 0.05) is 32.7 Å². The lowest BCUT2D eigenvalue weighted by atomic mass is 10.0. The van der Waals surface area contributed by atoms with E-state index < -0.39 is 0 Å². The fourth-order valence-corrected chi connectivity index (χ4v) is 2.53. The molecule has 94 valence electrons. The molecular formula is C16H12BrNO. The molecule has 0 spiro atoms. The minimum atomic E-state index is 0.0400. The first-order chi connectivity index (χ1) is 9.16. The zero-order chi connectivity index (χ0) is 13.4. The summed E-state index contributed by atoms with van der Waals surface area (Å²) in [6.07, 6.45) is 1.78. The van der Waals surface area contributed by atoms with Crippen molar-refractivity contribution < 1.29 is 4.79 Å². The molecule has 0 atom stereocenters. The van der Waals surface area contributed by atoms with E-state index in [0.717, 1.165) is 20.9 Å². The van der Waals surface area contributed by atoms with Crippen LogP contribution in [-0.4, -0.2) is 10.8 Å². The Balaban J connectivity index is 2.11. The van der Waals surface area contributed by atoms with Crippen LogP contribution >= 0.6 is 15.9 Å². The van der Waals surface area contributed by atoms with Crippen LogP contribution in [0.1, 0.15) is 21.5 Å². The van der Waals surface area contributed by atoms with Gasteiger partial charge in [-0.3, -0.25) is 4.79 Å². The van der Waals surface area contributed by atoms with Crippen molar-refractivity contribution >= 4 is 32.6 Å². The molecule has 0 aliphatic carbocycles. The van der Waals surface area contributed by atoms with Gasteiger partial charge in [0.25, 0.3) is 0 Å². The number of para-hydroxylation sites is 1. The number of hydrogen-bond acceptors (Lipinski definition) is 1. The first-order valence-corrected chi connectivity index (χ1v) is 6.83. The number of rotatable bonds is 2. The van der Waals surface area contributed by atoms with E-state index in [0.29, 0.717) is 11.1 Å². The molecule has 1 aromatic heterocycles. The van der Waals surface area contributed by atoms with Crippen LogP contribution in [0, 0.1) is 6.92 Å². The summed E-state index contributed by atoms with van der Waals surface area (Å²) < 4.78 is 0.957. The molecule has 0 aliphatic heterocycles. The number of hydrogen-bond donors (Lipinski definition) is 1. The van der Waals surface area contributed by atoms with Crippen molar-refractivity contribution in [2.45, 2.75) is 6.92 Å². The highest BCUT2D eigenvalue weighted by Crippen LogP contribution is 2.23. The second-order valence-corrected chi connectivity index (χ2v) is 5.40. The van der Waals surface area contributed by atoms with Crippen LogP contribution in [0.5, 0.6) is 0 Å². The maximum absolute atomic E-state index is 12.5. The maximum Gasteiger partial charge on any atom is 0.195 e. The highest BCUT2D eigenvalue weighted by Gasteiger charge is 2.14. The molecule has 0 amide bonds. The second kappa shape index (κ2) is 4.67. The molecule has 3 heteroatoms. The van der Waals surface area contributed by atoms with Crippen LogP contribution in [0.4, 0.5) is 0 Å². The third-order valence-electron chi connectivity index (χ3n) is 3.27. The van der Waals surface area contributed by atoms with E-state index in [1.807, 2.05) is 49.4 Å². The van der Waals surface area contributed by atoms with Crippen molar-refractivity contribution in [1.29, 1.82) is 0 Å². The van der Waals surface area contributed by atoms with Crippen LogP contribution in [0.25, 0.3) is 10.9 Å². The van der Waals surface area contributed by atoms with Crippen molar-refractivity contribution in [3.63, 3.8) is 0 Å². The Morgan fingerprint density at radius 1 is 1.16 bits per heavy atom. The first kappa shape index (κ1) is 12.2. The third-order valence-corrected chi connectivity index (χ3v) is 4.12. The predicted octanol–water partition coefficient (Wildman–Crippen LogP) is 4.47. The number of carbonyl (C=O) groups excluding carboxylic acids is 1. The second-order valence-electron chi connectivity index (χ2n) is 4.54. The molecule has 2 nitrogen and oxygen atoms in total. The van der Waals surface area contributed by atoms with Gasteiger partial charge in [0.1, 0.15) is 0 Å². The molecule has 0 fully saturated rings. The molecule has 0 saturated heterocycles. The summed E-state index contributed by atoms with van der Waals surface area (Å²) in [5.41, 5.74) is 3.51. The Kier molecular flexibility index (Phi) is 2.99. The molecule has 3 aromatic rings. The first-order valence-electron chi connectivity index (χ1n) is 6.04. The lowest BCUT2D eigenvalue weighted by Gasteiger charge is -2.03. The van der Waals surface area contributed by atoms with Crippen molar-refractivity contribution in [1.82, 2.24) is 4.98 Å². The van der Waals surface area contributed by atoms with Crippen molar-refractivity contribution in [2.24, 2.45) is 0 Å². The van der Waals surface area contributed by atoms with Gasteiger partial charge >= 0.3 is 0 Å². The minimum absolute atomic E-state index is 0.0400. The van der Waals surface area contributed by atoms with Crippen molar-refractivity contribution in [3.8, 4) is 0 Å². The minimum Gasteiger partial charge on any atom is -0.360 e. The number of fused-ring (bicyclic) bond motifs is 1. The SMILES string of the molecule is Cc1ccc(C(=O)c2c[nH]c3ccccc23)cc1Br. The Morgan fingerprint density at radius 2 is 1.95 bits per heavy atom. The summed E-state index contributed by atoms with van der Waals surface area (Å²) in [7, 11) is 0. The lowest BCUT2D eigenvalue weighted by Crippen LogP contribution is -2.00. The highest BCUT2D eigenvalue weighted by atomic mass is 79.9. The van der Waals surface area contributed by atoms with Gasteiger partial charge in [0.05, 0.1) is 0 Å². The number of nitrogens with one attached hydrogen (secondary N) is 1. The third kappa shape index (κ3) is 2.10. The number of aromatic nitrogens is 1. The zero-order valence-electron chi connectivity index (χ0n) is 10.4. The van der Waals surface area contributed by atoms with E-state index in [1.54, 1.807) is 6.20 Å². The summed E-state index contributed by atoms with van der Waals surface area (Å²) >= 11 is 3.47. The summed E-state index contributed by atoms with van der Waals surface area (Å²) in [5, 5.41) is 0.962. The molecule has 0 bridgehead atoms. The molecule has 1 N–H and O–H groups in total. The van der Waals surface area contributed by atoms with E-state index >= 15 is 0 Å². The Morgan fingerprint density at radius 3 is 2.74 bits per heavy atom. The van der Waals surface area contributed by atoms with Gasteiger partial charge in [-0.2, -0.15) is 0 Å². The quantitative estimate of drug-likeness (QED) is 0.696. The standard InChI is InChI=1S/C16H12BrNO/c1-10-6-7-11(8-14(10)17)16(19)13-9-18-15-5-3-2-4-12(13)15/h2-9,18H,1H3. The smallest absolute Gasteiger partial charge is 0.195 e. The number of aromatic amines is 1. The van der Waals surface area contributed by atoms with E-state index in [2.05, 4.69) is 20.9 Å². The monoisotopic (exact) mass is 313 g/mol. The highest BCUT2D eigenvalue weighted by molar-refractivity contribution is 9.10. The molecule has 3 rings (SSSR count). The van der Waals surface area contributed by atoms with Crippen LogP contribution < -0.4 is 0 Å². The summed E-state index contributed by atoms with van der Waals surface area (Å²) in [5.74, 6) is 0.0400. The number of benzene rings is 2. The Labute approximate surface area is 119 Å². The van der Waals surface area contributed by atoms with Gasteiger partial charge < -0.3 is 4.98 Å². The molecule has 0 aliphatic rings. The fraction of sp³-hybridized carbons (Fsp3) is 0.0625. The average molecular weight is 314 g/mol. The van der Waals surface area contributed by atoms with Gasteiger partial charge in [0.15, 0.2) is 5.78 Å². The Bertz CT molecular complexity index is 773. The lowest BCUT2D eigenvalue weighted by molar-refractivity contribution is 0.104. The molecule has 0 saturated carbocycles. The maximum atomic E-state index is 12.5. The number of ketones is 1. The zero-order valence-corrected chi connectivity index (χ0v) is 12.0. The van der Waals surface area contributed by atoms with Gasteiger partial charge in [-0.25, -0.2) is 0 Å². The molecule has 19 heavy (non-hydrogen) atoms. The topological polar surface area (TPSA) is 32.9 Å². The average Bonchev–Trinajstić information content (AvgIpc) is 2.85. The van der Waals surface area contributed by atoms with E-state index in [-0.39, 0.29) is 5.78 Å². The molecule has 0 unspecified atom stereocenters. The number of carbonyl (C=O) groups is 1. The number of H-pyrrole nitrogens is 1. The van der Waals surface area contributed by atoms with Crippen LogP contribution in [0.2, 0.25) is 0 Å². The molecule has 0 radical (unpaired) electrons. The van der Waals surface area contributed by atoms with Gasteiger partial charge in [-0.05, 0) is 24.6 Å². The van der Waals surface area contributed by atoms with E-state index in [4.69, 9.17) is 0 Å². The normalized spacial score (nSPS) is 10.8. The van der Waals surface area contributed by atoms with Crippen LogP contribution in [-0.2, 0) is 0 Å². The molecule has 2 aromatic carbocycles. The van der Waals surface area contributed by atoms with E-state index in [1.165, 1.54) is 0 Å². The number of aryl methyl sites for hydroxylation is 1. The van der Waals surface area contributed by atoms with Gasteiger partial charge in [-0.1, -0.05) is 46.3 Å². The largest absolute Gasteiger partial charge is 0.360 e. The molecule has 1 heterocycles.